The van der Waals surface area contributed by atoms with Crippen LogP contribution in [-0.4, -0.2) is 41.3 Å². The van der Waals surface area contributed by atoms with Crippen LogP contribution in [0.3, 0.4) is 0 Å². The van der Waals surface area contributed by atoms with Gasteiger partial charge in [0.25, 0.3) is 0 Å². The molecule has 1 aromatic rings. The molecular formula is C12H20N4O. The maximum absolute atomic E-state index is 10.0. The zero-order chi connectivity index (χ0) is 12.3. The van der Waals surface area contributed by atoms with Crippen LogP contribution in [0.25, 0.3) is 0 Å². The largest absolute Gasteiger partial charge is 0.391 e. The van der Waals surface area contributed by atoms with E-state index in [9.17, 15) is 5.11 Å². The highest BCUT2D eigenvalue weighted by Gasteiger charge is 2.27. The van der Waals surface area contributed by atoms with Crippen molar-refractivity contribution in [2.45, 2.75) is 37.8 Å². The Balaban J connectivity index is 2.14. The Bertz CT molecular complexity index is 371. The van der Waals surface area contributed by atoms with Crippen LogP contribution in [0.4, 0.5) is 11.6 Å². The lowest BCUT2D eigenvalue weighted by Crippen LogP contribution is -2.43. The summed E-state index contributed by atoms with van der Waals surface area (Å²) in [5.41, 5.74) is 0. The molecule has 2 rings (SSSR count). The number of nitrogens with zero attached hydrogens (tertiary/aromatic N) is 3. The lowest BCUT2D eigenvalue weighted by molar-refractivity contribution is 0.106. The molecule has 0 aliphatic heterocycles. The Morgan fingerprint density at radius 1 is 1.35 bits per heavy atom. The number of aliphatic hydroxyl groups is 1. The van der Waals surface area contributed by atoms with E-state index in [1.165, 1.54) is 6.42 Å². The summed E-state index contributed by atoms with van der Waals surface area (Å²) in [6.07, 6.45) is 5.51. The van der Waals surface area contributed by atoms with E-state index in [-0.39, 0.29) is 12.1 Å². The van der Waals surface area contributed by atoms with E-state index < -0.39 is 0 Å². The number of aliphatic hydroxyl groups excluding tert-OH is 1. The van der Waals surface area contributed by atoms with E-state index in [0.29, 0.717) is 0 Å². The second-order valence-corrected chi connectivity index (χ2v) is 4.54. The van der Waals surface area contributed by atoms with Gasteiger partial charge in [-0.2, -0.15) is 0 Å². The number of aromatic nitrogens is 2. The summed E-state index contributed by atoms with van der Waals surface area (Å²) >= 11 is 0. The minimum Gasteiger partial charge on any atom is -0.391 e. The van der Waals surface area contributed by atoms with Crippen molar-refractivity contribution in [2.75, 3.05) is 24.3 Å². The van der Waals surface area contributed by atoms with Crippen molar-refractivity contribution in [3.05, 3.63) is 12.4 Å². The van der Waals surface area contributed by atoms with Crippen LogP contribution >= 0.6 is 0 Å². The molecule has 2 N–H and O–H groups in total. The van der Waals surface area contributed by atoms with Crippen molar-refractivity contribution in [2.24, 2.45) is 0 Å². The zero-order valence-corrected chi connectivity index (χ0v) is 10.4. The fourth-order valence-corrected chi connectivity index (χ4v) is 2.39. The minimum absolute atomic E-state index is 0.170. The lowest BCUT2D eigenvalue weighted by Gasteiger charge is -2.35. The first-order valence-corrected chi connectivity index (χ1v) is 6.13. The van der Waals surface area contributed by atoms with Gasteiger partial charge in [-0.05, 0) is 12.8 Å². The summed E-state index contributed by atoms with van der Waals surface area (Å²) in [6, 6.07) is 2.07. The number of hydrogen-bond acceptors (Lipinski definition) is 5. The zero-order valence-electron chi connectivity index (χ0n) is 10.4. The molecule has 5 heteroatoms. The van der Waals surface area contributed by atoms with Gasteiger partial charge >= 0.3 is 0 Å². The highest BCUT2D eigenvalue weighted by atomic mass is 16.3. The van der Waals surface area contributed by atoms with E-state index in [0.717, 1.165) is 30.9 Å². The highest BCUT2D eigenvalue weighted by molar-refractivity contribution is 5.48. The van der Waals surface area contributed by atoms with E-state index in [1.807, 2.05) is 20.2 Å². The second-order valence-electron chi connectivity index (χ2n) is 4.54. The van der Waals surface area contributed by atoms with Crippen molar-refractivity contribution >= 4 is 11.6 Å². The molecule has 0 bridgehead atoms. The first-order chi connectivity index (χ1) is 8.22. The van der Waals surface area contributed by atoms with Crippen LogP contribution < -0.4 is 10.2 Å². The Morgan fingerprint density at radius 3 is 2.82 bits per heavy atom. The highest BCUT2D eigenvalue weighted by Crippen LogP contribution is 2.25. The van der Waals surface area contributed by atoms with Crippen LogP contribution in [0.15, 0.2) is 12.4 Å². The normalized spacial score (nSPS) is 24.4. The third kappa shape index (κ3) is 2.66. The van der Waals surface area contributed by atoms with Gasteiger partial charge in [-0.15, -0.1) is 0 Å². The number of anilines is 2. The molecule has 1 heterocycles. The number of hydrogen-bond donors (Lipinski definition) is 2. The third-order valence-corrected chi connectivity index (χ3v) is 3.46. The lowest BCUT2D eigenvalue weighted by atomic mass is 9.91. The van der Waals surface area contributed by atoms with Crippen LogP contribution in [0, 0.1) is 0 Å². The summed E-state index contributed by atoms with van der Waals surface area (Å²) in [4.78, 5) is 10.4. The van der Waals surface area contributed by atoms with Crippen LogP contribution in [0.5, 0.6) is 0 Å². The van der Waals surface area contributed by atoms with Gasteiger partial charge < -0.3 is 15.3 Å². The third-order valence-electron chi connectivity index (χ3n) is 3.46. The molecule has 0 amide bonds. The molecule has 94 valence electrons. The average molecular weight is 236 g/mol. The average Bonchev–Trinajstić information content (AvgIpc) is 2.38. The van der Waals surface area contributed by atoms with Gasteiger partial charge in [-0.1, -0.05) is 12.8 Å². The van der Waals surface area contributed by atoms with Crippen LogP contribution in [-0.2, 0) is 0 Å². The monoisotopic (exact) mass is 236 g/mol. The second kappa shape index (κ2) is 5.31. The van der Waals surface area contributed by atoms with Gasteiger partial charge in [0.2, 0.25) is 0 Å². The molecule has 0 saturated heterocycles. The summed E-state index contributed by atoms with van der Waals surface area (Å²) in [6.45, 7) is 0. The first-order valence-electron chi connectivity index (χ1n) is 6.13. The van der Waals surface area contributed by atoms with Crippen molar-refractivity contribution < 1.29 is 5.11 Å². The molecule has 0 spiro atoms. The van der Waals surface area contributed by atoms with Crippen molar-refractivity contribution in [1.29, 1.82) is 0 Å². The summed E-state index contributed by atoms with van der Waals surface area (Å²) in [5, 5.41) is 13.0. The van der Waals surface area contributed by atoms with E-state index in [1.54, 1.807) is 6.33 Å². The molecule has 17 heavy (non-hydrogen) atoms. The van der Waals surface area contributed by atoms with Gasteiger partial charge in [0.1, 0.15) is 18.0 Å². The molecule has 1 aliphatic carbocycles. The number of nitrogens with one attached hydrogen (secondary N) is 1. The van der Waals surface area contributed by atoms with E-state index in [2.05, 4.69) is 20.2 Å². The summed E-state index contributed by atoms with van der Waals surface area (Å²) in [5.74, 6) is 1.66. The fraction of sp³-hybridized carbons (Fsp3) is 0.667. The minimum atomic E-state index is -0.248. The van der Waals surface area contributed by atoms with Crippen molar-refractivity contribution in [1.82, 2.24) is 9.97 Å². The maximum atomic E-state index is 10.0. The predicted molar refractivity (Wildman–Crippen MR) is 68.2 cm³/mol. The van der Waals surface area contributed by atoms with Gasteiger partial charge in [0.05, 0.1) is 12.1 Å². The fourth-order valence-electron chi connectivity index (χ4n) is 2.39. The smallest absolute Gasteiger partial charge is 0.134 e. The summed E-state index contributed by atoms with van der Waals surface area (Å²) < 4.78 is 0. The molecule has 2 atom stereocenters. The molecule has 1 fully saturated rings. The Kier molecular flexibility index (Phi) is 3.78. The van der Waals surface area contributed by atoms with Crippen molar-refractivity contribution in [3.63, 3.8) is 0 Å². The molecule has 0 radical (unpaired) electrons. The molecular weight excluding hydrogens is 216 g/mol. The Hall–Kier alpha value is -1.36. The number of rotatable bonds is 3. The molecule has 1 saturated carbocycles. The molecule has 1 aliphatic rings. The van der Waals surface area contributed by atoms with Crippen LogP contribution in [0.1, 0.15) is 25.7 Å². The molecule has 1 aromatic heterocycles. The molecule has 5 nitrogen and oxygen atoms in total. The van der Waals surface area contributed by atoms with Gasteiger partial charge in [0.15, 0.2) is 0 Å². The quantitative estimate of drug-likeness (QED) is 0.827. The topological polar surface area (TPSA) is 61.3 Å². The van der Waals surface area contributed by atoms with Gasteiger partial charge in [0, 0.05) is 20.2 Å². The van der Waals surface area contributed by atoms with Gasteiger partial charge in [-0.3, -0.25) is 0 Å². The van der Waals surface area contributed by atoms with Crippen LogP contribution in [0.2, 0.25) is 0 Å². The SMILES string of the molecule is CNc1cc(N(C)C2CCCCC2O)ncn1. The van der Waals surface area contributed by atoms with Gasteiger partial charge in [-0.25, -0.2) is 9.97 Å². The van der Waals surface area contributed by atoms with E-state index in [4.69, 9.17) is 0 Å². The van der Waals surface area contributed by atoms with E-state index >= 15 is 0 Å². The van der Waals surface area contributed by atoms with Crippen molar-refractivity contribution in [3.8, 4) is 0 Å². The first kappa shape index (κ1) is 12.1. The Labute approximate surface area is 102 Å². The standard InChI is InChI=1S/C12H20N4O/c1-13-11-7-12(15-8-14-11)16(2)9-5-3-4-6-10(9)17/h7-10,17H,3-6H2,1-2H3,(H,13,14,15). The maximum Gasteiger partial charge on any atom is 0.134 e. The predicted octanol–water partition coefficient (Wildman–Crippen LogP) is 1.26. The number of likely N-dealkylation sites (N-methyl/N-ethyl adjacent to an activating group) is 1. The summed E-state index contributed by atoms with van der Waals surface area (Å²) in [7, 11) is 3.82. The molecule has 0 aromatic carbocycles. The molecule has 2 unspecified atom stereocenters. The Morgan fingerprint density at radius 2 is 2.12 bits per heavy atom.